The minimum absolute atomic E-state index is 0.317. The Morgan fingerprint density at radius 3 is 2.62 bits per heavy atom. The summed E-state index contributed by atoms with van der Waals surface area (Å²) in [6.07, 6.45) is 4.24. The molecule has 6 heteroatoms. The first kappa shape index (κ1) is 18.3. The van der Waals surface area contributed by atoms with Gasteiger partial charge in [0.25, 0.3) is 0 Å². The van der Waals surface area contributed by atoms with Crippen molar-refractivity contribution >= 4 is 11.8 Å². The molecule has 0 bridgehead atoms. The smallest absolute Gasteiger partial charge is 0.410 e. The highest BCUT2D eigenvalue weighted by Crippen LogP contribution is 2.26. The Kier molecular flexibility index (Phi) is 5.23. The molecule has 6 nitrogen and oxygen atoms in total. The number of aliphatic hydroxyl groups is 1. The summed E-state index contributed by atoms with van der Waals surface area (Å²) in [7, 11) is 0. The van der Waals surface area contributed by atoms with Crippen LogP contribution in [0.3, 0.4) is 0 Å². The van der Waals surface area contributed by atoms with Crippen molar-refractivity contribution in [3.05, 3.63) is 48.8 Å². The van der Waals surface area contributed by atoms with Crippen molar-refractivity contribution in [3.8, 4) is 5.69 Å². The fourth-order valence-corrected chi connectivity index (χ4v) is 3.24. The Morgan fingerprint density at radius 1 is 1.23 bits per heavy atom. The highest BCUT2D eigenvalue weighted by molar-refractivity contribution is 5.69. The average molecular weight is 357 g/mol. The number of amides is 1. The topological polar surface area (TPSA) is 66.7 Å². The van der Waals surface area contributed by atoms with E-state index in [1.165, 1.54) is 0 Å². The van der Waals surface area contributed by atoms with Gasteiger partial charge in [-0.15, -0.1) is 0 Å². The summed E-state index contributed by atoms with van der Waals surface area (Å²) in [4.78, 5) is 14.1. The molecule has 140 valence electrons. The zero-order chi connectivity index (χ0) is 18.7. The molecule has 1 saturated heterocycles. The molecule has 1 aromatic carbocycles. The van der Waals surface area contributed by atoms with E-state index in [0.717, 1.165) is 24.2 Å². The van der Waals surface area contributed by atoms with Crippen LogP contribution in [-0.4, -0.2) is 45.1 Å². The average Bonchev–Trinajstić information content (AvgIpc) is 3.25. The van der Waals surface area contributed by atoms with E-state index in [-0.39, 0.29) is 12.1 Å². The molecular weight excluding hydrogens is 330 g/mol. The van der Waals surface area contributed by atoms with Gasteiger partial charge in [0.2, 0.25) is 0 Å². The van der Waals surface area contributed by atoms with Gasteiger partial charge in [0, 0.05) is 18.9 Å². The van der Waals surface area contributed by atoms with E-state index in [1.807, 2.05) is 74.1 Å². The summed E-state index contributed by atoms with van der Waals surface area (Å²) in [5.74, 6) is 0. The molecule has 1 aliphatic rings. The first-order chi connectivity index (χ1) is 12.3. The highest BCUT2D eigenvalue weighted by atomic mass is 16.6. The predicted molar refractivity (Wildman–Crippen MR) is 101 cm³/mol. The van der Waals surface area contributed by atoms with Gasteiger partial charge in [0.15, 0.2) is 0 Å². The van der Waals surface area contributed by atoms with Gasteiger partial charge < -0.3 is 24.6 Å². The number of carbonyl (C=O) groups excluding carboxylic acids is 1. The molecular formula is C20H27N3O3. The van der Waals surface area contributed by atoms with Crippen molar-refractivity contribution in [2.24, 2.45) is 0 Å². The van der Waals surface area contributed by atoms with Gasteiger partial charge in [-0.05, 0) is 57.9 Å². The van der Waals surface area contributed by atoms with Crippen LogP contribution in [0.1, 0.15) is 33.6 Å². The first-order valence-corrected chi connectivity index (χ1v) is 9.02. The largest absolute Gasteiger partial charge is 0.444 e. The van der Waals surface area contributed by atoms with Gasteiger partial charge in [0.05, 0.1) is 17.4 Å². The number of aromatic nitrogens is 1. The molecule has 3 rings (SSSR count). The normalized spacial score (nSPS) is 18.6. The number of nitrogens with one attached hydrogen (secondary N) is 1. The monoisotopic (exact) mass is 357 g/mol. The summed E-state index contributed by atoms with van der Waals surface area (Å²) in [5, 5.41) is 13.9. The maximum Gasteiger partial charge on any atom is 0.410 e. The second kappa shape index (κ2) is 7.41. The number of benzene rings is 1. The molecule has 2 heterocycles. The molecule has 2 aromatic rings. The first-order valence-electron chi connectivity index (χ1n) is 9.02. The Bertz CT molecular complexity index is 737. The lowest BCUT2D eigenvalue weighted by atomic mass is 10.1. The Labute approximate surface area is 154 Å². The number of likely N-dealkylation sites (tertiary alicyclic amines) is 1. The summed E-state index contributed by atoms with van der Waals surface area (Å²) >= 11 is 0. The van der Waals surface area contributed by atoms with Crippen LogP contribution >= 0.6 is 0 Å². The summed E-state index contributed by atoms with van der Waals surface area (Å²) < 4.78 is 7.46. The third-order valence-corrected chi connectivity index (χ3v) is 4.38. The lowest BCUT2D eigenvalue weighted by Gasteiger charge is -2.32. The second-order valence-corrected chi connectivity index (χ2v) is 7.58. The predicted octanol–water partition coefficient (Wildman–Crippen LogP) is 3.61. The fraction of sp³-hybridized carbons (Fsp3) is 0.450. The van der Waals surface area contributed by atoms with Crippen LogP contribution in [0.15, 0.2) is 48.8 Å². The van der Waals surface area contributed by atoms with E-state index in [9.17, 15) is 9.90 Å². The van der Waals surface area contributed by atoms with Gasteiger partial charge in [-0.25, -0.2) is 4.79 Å². The molecule has 1 aromatic heterocycles. The van der Waals surface area contributed by atoms with E-state index in [2.05, 4.69) is 5.32 Å². The van der Waals surface area contributed by atoms with E-state index >= 15 is 0 Å². The van der Waals surface area contributed by atoms with Crippen molar-refractivity contribution < 1.29 is 14.6 Å². The van der Waals surface area contributed by atoms with Gasteiger partial charge in [-0.3, -0.25) is 0 Å². The number of anilines is 1. The van der Waals surface area contributed by atoms with Crippen molar-refractivity contribution in [2.75, 3.05) is 11.9 Å². The number of hydrogen-bond acceptors (Lipinski definition) is 4. The van der Waals surface area contributed by atoms with Gasteiger partial charge >= 0.3 is 6.09 Å². The lowest BCUT2D eigenvalue weighted by Crippen LogP contribution is -2.47. The molecule has 0 saturated carbocycles. The van der Waals surface area contributed by atoms with Gasteiger partial charge in [-0.1, -0.05) is 12.1 Å². The second-order valence-electron chi connectivity index (χ2n) is 7.58. The van der Waals surface area contributed by atoms with Crippen LogP contribution in [-0.2, 0) is 4.74 Å². The molecule has 2 N–H and O–H groups in total. The molecule has 1 amide bonds. The zero-order valence-corrected chi connectivity index (χ0v) is 15.6. The molecule has 0 spiro atoms. The highest BCUT2D eigenvalue weighted by Gasteiger charge is 2.36. The van der Waals surface area contributed by atoms with Crippen molar-refractivity contribution in [2.45, 2.75) is 51.5 Å². The quantitative estimate of drug-likeness (QED) is 0.821. The van der Waals surface area contributed by atoms with Crippen LogP contribution < -0.4 is 5.32 Å². The Morgan fingerprint density at radius 2 is 1.92 bits per heavy atom. The number of hydrogen-bond donors (Lipinski definition) is 2. The maximum atomic E-state index is 12.4. The van der Waals surface area contributed by atoms with Crippen LogP contribution in [0.4, 0.5) is 10.5 Å². The number of rotatable bonds is 4. The molecule has 0 aliphatic carbocycles. The van der Waals surface area contributed by atoms with Crippen LogP contribution in [0, 0.1) is 0 Å². The summed E-state index contributed by atoms with van der Waals surface area (Å²) in [6, 6.07) is 11.4. The van der Waals surface area contributed by atoms with E-state index in [0.29, 0.717) is 6.54 Å². The summed E-state index contributed by atoms with van der Waals surface area (Å²) in [5.41, 5.74) is 1.20. The zero-order valence-electron chi connectivity index (χ0n) is 15.6. The minimum Gasteiger partial charge on any atom is -0.444 e. The fourth-order valence-electron chi connectivity index (χ4n) is 3.24. The third kappa shape index (κ3) is 4.19. The lowest BCUT2D eigenvalue weighted by molar-refractivity contribution is 0.00923. The Hall–Kier alpha value is -2.47. The molecule has 0 radical (unpaired) electrons. The maximum absolute atomic E-state index is 12.4. The van der Waals surface area contributed by atoms with E-state index in [4.69, 9.17) is 4.74 Å². The van der Waals surface area contributed by atoms with E-state index < -0.39 is 11.8 Å². The van der Waals surface area contributed by atoms with E-state index in [1.54, 1.807) is 4.90 Å². The minimum atomic E-state index is -0.873. The Balaban J connectivity index is 1.74. The number of para-hydroxylation sites is 2. The van der Waals surface area contributed by atoms with Crippen molar-refractivity contribution in [1.29, 1.82) is 0 Å². The number of ether oxygens (including phenoxy) is 1. The van der Waals surface area contributed by atoms with Crippen LogP contribution in [0.5, 0.6) is 0 Å². The summed E-state index contributed by atoms with van der Waals surface area (Å²) in [6.45, 7) is 6.13. The molecule has 2 atom stereocenters. The van der Waals surface area contributed by atoms with Crippen molar-refractivity contribution in [3.63, 3.8) is 0 Å². The van der Waals surface area contributed by atoms with Gasteiger partial charge in [0.1, 0.15) is 11.8 Å². The molecule has 1 unspecified atom stereocenters. The van der Waals surface area contributed by atoms with Crippen LogP contribution in [0.25, 0.3) is 5.69 Å². The number of carbonyl (C=O) groups is 1. The van der Waals surface area contributed by atoms with Crippen molar-refractivity contribution in [1.82, 2.24) is 9.47 Å². The number of nitrogens with zero attached hydrogens (tertiary/aromatic N) is 2. The number of aliphatic hydroxyl groups excluding tert-OH is 1. The van der Waals surface area contributed by atoms with Gasteiger partial charge in [-0.2, -0.15) is 0 Å². The molecule has 1 aliphatic heterocycles. The SMILES string of the molecule is CC(C)(C)OC(=O)N1CCC[C@H]1C(O)Nc1ccccc1-n1cccc1. The standard InChI is InChI=1S/C20H27N3O3/c1-20(2,3)26-19(25)23-14-8-11-17(23)18(24)21-15-9-4-5-10-16(15)22-12-6-7-13-22/h4-7,9-10,12-13,17-18,21,24H,8,11,14H2,1-3H3/t17-,18?/m0/s1. The third-order valence-electron chi connectivity index (χ3n) is 4.38. The van der Waals surface area contributed by atoms with Crippen LogP contribution in [0.2, 0.25) is 0 Å². The molecule has 26 heavy (non-hydrogen) atoms. The molecule has 1 fully saturated rings.